The smallest absolute Gasteiger partial charge is 0.243 e. The standard InChI is InChI=1S/C11H10N2OS/c1-2-11(14)12-7-9-8-5-3-4-6-10(8)15-13-9/h2-6H,1,7H2,(H,12,14). The van der Waals surface area contributed by atoms with Crippen molar-refractivity contribution in [2.75, 3.05) is 0 Å². The molecule has 15 heavy (non-hydrogen) atoms. The van der Waals surface area contributed by atoms with E-state index in [9.17, 15) is 4.79 Å². The highest BCUT2D eigenvalue weighted by Gasteiger charge is 2.05. The Labute approximate surface area is 91.6 Å². The van der Waals surface area contributed by atoms with Crippen molar-refractivity contribution in [1.82, 2.24) is 9.69 Å². The number of amides is 1. The average Bonchev–Trinajstić information content (AvgIpc) is 2.69. The summed E-state index contributed by atoms with van der Waals surface area (Å²) in [4.78, 5) is 11.0. The van der Waals surface area contributed by atoms with E-state index in [1.165, 1.54) is 17.6 Å². The van der Waals surface area contributed by atoms with Gasteiger partial charge >= 0.3 is 0 Å². The second-order valence-corrected chi connectivity index (χ2v) is 3.85. The van der Waals surface area contributed by atoms with Crippen LogP contribution in [-0.4, -0.2) is 10.3 Å². The maximum absolute atomic E-state index is 11.0. The van der Waals surface area contributed by atoms with Gasteiger partial charge in [-0.15, -0.1) is 0 Å². The first-order valence-electron chi connectivity index (χ1n) is 4.55. The van der Waals surface area contributed by atoms with Crippen LogP contribution in [-0.2, 0) is 11.3 Å². The summed E-state index contributed by atoms with van der Waals surface area (Å²) >= 11 is 1.45. The second-order valence-electron chi connectivity index (χ2n) is 3.05. The van der Waals surface area contributed by atoms with Gasteiger partial charge in [-0.2, -0.15) is 4.37 Å². The molecular weight excluding hydrogens is 208 g/mol. The third kappa shape index (κ3) is 2.05. The molecule has 76 valence electrons. The molecule has 1 heterocycles. The van der Waals surface area contributed by atoms with Gasteiger partial charge in [-0.05, 0) is 23.7 Å². The van der Waals surface area contributed by atoms with Crippen LogP contribution in [0.2, 0.25) is 0 Å². The van der Waals surface area contributed by atoms with Gasteiger partial charge in [0.15, 0.2) is 0 Å². The molecule has 0 saturated carbocycles. The Kier molecular flexibility index (Phi) is 2.78. The van der Waals surface area contributed by atoms with Crippen LogP contribution in [0.25, 0.3) is 10.1 Å². The Balaban J connectivity index is 2.21. The van der Waals surface area contributed by atoms with Crippen molar-refractivity contribution in [2.45, 2.75) is 6.54 Å². The van der Waals surface area contributed by atoms with Crippen LogP contribution in [0.1, 0.15) is 5.69 Å². The number of fused-ring (bicyclic) bond motifs is 1. The van der Waals surface area contributed by atoms with Crippen LogP contribution in [0.4, 0.5) is 0 Å². The predicted molar refractivity (Wildman–Crippen MR) is 61.7 cm³/mol. The Bertz CT molecular complexity index is 504. The summed E-state index contributed by atoms with van der Waals surface area (Å²) in [5.74, 6) is -0.174. The van der Waals surface area contributed by atoms with Gasteiger partial charge in [-0.3, -0.25) is 4.79 Å². The number of nitrogens with zero attached hydrogens (tertiary/aromatic N) is 1. The first-order valence-corrected chi connectivity index (χ1v) is 5.32. The summed E-state index contributed by atoms with van der Waals surface area (Å²) in [6, 6.07) is 7.97. The quantitative estimate of drug-likeness (QED) is 0.802. The molecule has 0 bridgehead atoms. The number of aromatic nitrogens is 1. The second kappa shape index (κ2) is 4.23. The van der Waals surface area contributed by atoms with Gasteiger partial charge in [-0.25, -0.2) is 0 Å². The molecule has 2 aromatic rings. The molecule has 0 atom stereocenters. The third-order valence-electron chi connectivity index (χ3n) is 2.07. The lowest BCUT2D eigenvalue weighted by atomic mass is 10.2. The van der Waals surface area contributed by atoms with Crippen LogP contribution >= 0.6 is 11.5 Å². The van der Waals surface area contributed by atoms with Crippen LogP contribution in [0, 0.1) is 0 Å². The molecular formula is C11H10N2OS. The molecule has 1 aromatic heterocycles. The van der Waals surface area contributed by atoms with Crippen molar-refractivity contribution < 1.29 is 4.79 Å². The number of benzene rings is 1. The van der Waals surface area contributed by atoms with Gasteiger partial charge in [0, 0.05) is 5.39 Å². The van der Waals surface area contributed by atoms with Gasteiger partial charge in [0.25, 0.3) is 0 Å². The zero-order valence-corrected chi connectivity index (χ0v) is 8.88. The average molecular weight is 218 g/mol. The van der Waals surface area contributed by atoms with Crippen molar-refractivity contribution in [3.63, 3.8) is 0 Å². The van der Waals surface area contributed by atoms with Gasteiger partial charge in [0.1, 0.15) is 0 Å². The third-order valence-corrected chi connectivity index (χ3v) is 2.93. The van der Waals surface area contributed by atoms with Crippen molar-refractivity contribution in [3.8, 4) is 0 Å². The van der Waals surface area contributed by atoms with Crippen LogP contribution in [0.5, 0.6) is 0 Å². The monoisotopic (exact) mass is 218 g/mol. The van der Waals surface area contributed by atoms with Crippen molar-refractivity contribution >= 4 is 27.5 Å². The Morgan fingerprint density at radius 2 is 2.33 bits per heavy atom. The fraction of sp³-hybridized carbons (Fsp3) is 0.0909. The van der Waals surface area contributed by atoms with Crippen molar-refractivity contribution in [2.24, 2.45) is 0 Å². The van der Waals surface area contributed by atoms with Gasteiger partial charge < -0.3 is 5.32 Å². The number of hydrogen-bond acceptors (Lipinski definition) is 3. The van der Waals surface area contributed by atoms with Crippen molar-refractivity contribution in [3.05, 3.63) is 42.6 Å². The largest absolute Gasteiger partial charge is 0.347 e. The summed E-state index contributed by atoms with van der Waals surface area (Å²) in [6.45, 7) is 3.85. The molecule has 0 aliphatic rings. The van der Waals surface area contributed by atoms with E-state index in [0.29, 0.717) is 6.54 Å². The SMILES string of the molecule is C=CC(=O)NCc1nsc2ccccc12. The molecule has 0 unspecified atom stereocenters. The lowest BCUT2D eigenvalue weighted by molar-refractivity contribution is -0.116. The van der Waals surface area contributed by atoms with Crippen molar-refractivity contribution in [1.29, 1.82) is 0 Å². The molecule has 1 amide bonds. The molecule has 0 radical (unpaired) electrons. The fourth-order valence-corrected chi connectivity index (χ4v) is 2.10. The van der Waals surface area contributed by atoms with E-state index in [1.807, 2.05) is 24.3 Å². The normalized spacial score (nSPS) is 10.1. The molecule has 0 saturated heterocycles. The molecule has 1 N–H and O–H groups in total. The maximum Gasteiger partial charge on any atom is 0.243 e. The summed E-state index contributed by atoms with van der Waals surface area (Å²) in [6.07, 6.45) is 1.26. The molecule has 2 rings (SSSR count). The van der Waals surface area contributed by atoms with E-state index in [2.05, 4.69) is 16.3 Å². The molecule has 4 heteroatoms. The highest BCUT2D eigenvalue weighted by molar-refractivity contribution is 7.13. The first kappa shape index (κ1) is 9.86. The van der Waals surface area contributed by atoms with Crippen LogP contribution in [0.3, 0.4) is 0 Å². The van der Waals surface area contributed by atoms with Crippen LogP contribution < -0.4 is 5.32 Å². The highest BCUT2D eigenvalue weighted by Crippen LogP contribution is 2.21. The Morgan fingerprint density at radius 1 is 1.53 bits per heavy atom. The first-order chi connectivity index (χ1) is 7.31. The minimum Gasteiger partial charge on any atom is -0.347 e. The molecule has 3 nitrogen and oxygen atoms in total. The van der Waals surface area contributed by atoms with Gasteiger partial charge in [0.05, 0.1) is 16.9 Å². The molecule has 0 aliphatic carbocycles. The topological polar surface area (TPSA) is 42.0 Å². The number of carbonyl (C=O) groups excluding carboxylic acids is 1. The minimum atomic E-state index is -0.174. The van der Waals surface area contributed by atoms with E-state index in [-0.39, 0.29) is 5.91 Å². The molecule has 0 spiro atoms. The lowest BCUT2D eigenvalue weighted by Gasteiger charge is -1.98. The summed E-state index contributed by atoms with van der Waals surface area (Å²) in [7, 11) is 0. The number of rotatable bonds is 3. The van der Waals surface area contributed by atoms with E-state index in [0.717, 1.165) is 15.8 Å². The van der Waals surface area contributed by atoms with Gasteiger partial charge in [-0.1, -0.05) is 24.8 Å². The summed E-state index contributed by atoms with van der Waals surface area (Å²) in [5, 5.41) is 3.82. The Hall–Kier alpha value is -1.68. The fourth-order valence-electron chi connectivity index (χ4n) is 1.31. The summed E-state index contributed by atoms with van der Waals surface area (Å²) < 4.78 is 5.43. The zero-order valence-electron chi connectivity index (χ0n) is 8.06. The van der Waals surface area contributed by atoms with E-state index in [4.69, 9.17) is 0 Å². The highest BCUT2D eigenvalue weighted by atomic mass is 32.1. The zero-order chi connectivity index (χ0) is 10.7. The van der Waals surface area contributed by atoms with E-state index < -0.39 is 0 Å². The number of nitrogens with one attached hydrogen (secondary N) is 1. The van der Waals surface area contributed by atoms with Gasteiger partial charge in [0.2, 0.25) is 5.91 Å². The maximum atomic E-state index is 11.0. The predicted octanol–water partition coefficient (Wildman–Crippen LogP) is 2.10. The molecule has 0 fully saturated rings. The summed E-state index contributed by atoms with van der Waals surface area (Å²) in [5.41, 5.74) is 0.908. The van der Waals surface area contributed by atoms with E-state index >= 15 is 0 Å². The number of hydrogen-bond donors (Lipinski definition) is 1. The molecule has 1 aromatic carbocycles. The van der Waals surface area contributed by atoms with Crippen LogP contribution in [0.15, 0.2) is 36.9 Å². The Morgan fingerprint density at radius 3 is 3.13 bits per heavy atom. The number of carbonyl (C=O) groups is 1. The van der Waals surface area contributed by atoms with E-state index in [1.54, 1.807) is 0 Å². The minimum absolute atomic E-state index is 0.174. The lowest BCUT2D eigenvalue weighted by Crippen LogP contribution is -2.20. The molecule has 0 aliphatic heterocycles.